The summed E-state index contributed by atoms with van der Waals surface area (Å²) in [6, 6.07) is 19.4. The number of methoxy groups -OCH3 is 2. The molecule has 3 aromatic rings. The van der Waals surface area contributed by atoms with Crippen LogP contribution in [0.5, 0.6) is 11.5 Å². The molecule has 0 heterocycles. The second-order valence-electron chi connectivity index (χ2n) is 7.19. The molecule has 4 nitrogen and oxygen atoms in total. The van der Waals surface area contributed by atoms with Gasteiger partial charge in [0.25, 0.3) is 0 Å². The summed E-state index contributed by atoms with van der Waals surface area (Å²) in [6.07, 6.45) is -1.84. The molecule has 0 aromatic heterocycles. The van der Waals surface area contributed by atoms with Gasteiger partial charge in [-0.25, -0.2) is 4.79 Å². The van der Waals surface area contributed by atoms with Crippen molar-refractivity contribution >= 4 is 11.5 Å². The first-order valence-electron chi connectivity index (χ1n) is 10.2. The summed E-state index contributed by atoms with van der Waals surface area (Å²) >= 11 is 0. The fourth-order valence-electron chi connectivity index (χ4n) is 3.37. The lowest BCUT2D eigenvalue weighted by Gasteiger charge is -2.13. The van der Waals surface area contributed by atoms with E-state index >= 15 is 0 Å². The maximum absolute atomic E-state index is 12.9. The van der Waals surface area contributed by atoms with Gasteiger partial charge in [-0.2, -0.15) is 13.2 Å². The van der Waals surface area contributed by atoms with Crippen LogP contribution in [0.25, 0.3) is 5.57 Å². The van der Waals surface area contributed by atoms with E-state index in [0.717, 1.165) is 23.3 Å². The van der Waals surface area contributed by atoms with Crippen molar-refractivity contribution in [1.82, 2.24) is 0 Å². The minimum atomic E-state index is -4.44. The van der Waals surface area contributed by atoms with Crippen molar-refractivity contribution in [2.24, 2.45) is 0 Å². The molecule has 0 bridgehead atoms. The first-order valence-corrected chi connectivity index (χ1v) is 10.2. The van der Waals surface area contributed by atoms with Crippen molar-refractivity contribution < 1.29 is 32.2 Å². The van der Waals surface area contributed by atoms with E-state index < -0.39 is 17.7 Å². The Balaban J connectivity index is 1.76. The molecule has 3 aromatic carbocycles. The van der Waals surface area contributed by atoms with Gasteiger partial charge in [0.2, 0.25) is 0 Å². The lowest BCUT2D eigenvalue weighted by Crippen LogP contribution is -2.07. The summed E-state index contributed by atoms with van der Waals surface area (Å²) in [7, 11) is 2.77. The average molecular weight is 456 g/mol. The number of carbonyl (C=O) groups is 1. The summed E-state index contributed by atoms with van der Waals surface area (Å²) in [5, 5.41) is 0. The Morgan fingerprint density at radius 3 is 2.27 bits per heavy atom. The number of rotatable bonds is 8. The van der Waals surface area contributed by atoms with Crippen molar-refractivity contribution in [3.05, 3.63) is 101 Å². The molecular weight excluding hydrogens is 433 g/mol. The van der Waals surface area contributed by atoms with Crippen LogP contribution in [0.15, 0.2) is 79.1 Å². The number of alkyl halides is 3. The molecule has 0 aliphatic carbocycles. The molecule has 3 rings (SSSR count). The first-order chi connectivity index (χ1) is 15.8. The number of benzene rings is 3. The Bertz CT molecular complexity index is 1140. The van der Waals surface area contributed by atoms with Gasteiger partial charge >= 0.3 is 12.1 Å². The van der Waals surface area contributed by atoms with E-state index in [4.69, 9.17) is 14.2 Å². The largest absolute Gasteiger partial charge is 0.503 e. The highest BCUT2D eigenvalue weighted by molar-refractivity contribution is 6.16. The molecule has 0 unspecified atom stereocenters. The van der Waals surface area contributed by atoms with Gasteiger partial charge in [-0.05, 0) is 59.9 Å². The quantitative estimate of drug-likeness (QED) is 0.222. The van der Waals surface area contributed by atoms with Gasteiger partial charge in [-0.3, -0.25) is 0 Å². The summed E-state index contributed by atoms with van der Waals surface area (Å²) in [5.74, 6) is 0.0511. The van der Waals surface area contributed by atoms with E-state index in [-0.39, 0.29) is 5.75 Å². The lowest BCUT2D eigenvalue weighted by atomic mass is 9.95. The highest BCUT2D eigenvalue weighted by atomic mass is 19.4. The fourth-order valence-corrected chi connectivity index (χ4v) is 3.37. The number of esters is 1. The third kappa shape index (κ3) is 6.38. The Morgan fingerprint density at radius 2 is 1.58 bits per heavy atom. The molecule has 0 saturated heterocycles. The monoisotopic (exact) mass is 456 g/mol. The van der Waals surface area contributed by atoms with Crippen LogP contribution < -0.4 is 4.74 Å². The summed E-state index contributed by atoms with van der Waals surface area (Å²) in [4.78, 5) is 12.2. The minimum Gasteiger partial charge on any atom is -0.503 e. The molecule has 0 fully saturated rings. The highest BCUT2D eigenvalue weighted by Crippen LogP contribution is 2.33. The third-order valence-electron chi connectivity index (χ3n) is 4.93. The van der Waals surface area contributed by atoms with Gasteiger partial charge in [-0.1, -0.05) is 42.5 Å². The Morgan fingerprint density at radius 1 is 0.879 bits per heavy atom. The van der Waals surface area contributed by atoms with E-state index in [9.17, 15) is 18.0 Å². The van der Waals surface area contributed by atoms with Crippen LogP contribution in [0.2, 0.25) is 0 Å². The fraction of sp³-hybridized carbons (Fsp3) is 0.192. The van der Waals surface area contributed by atoms with Crippen LogP contribution in [-0.2, 0) is 33.3 Å². The Kier molecular flexibility index (Phi) is 7.77. The highest BCUT2D eigenvalue weighted by Gasteiger charge is 2.30. The molecule has 7 heteroatoms. The van der Waals surface area contributed by atoms with Gasteiger partial charge in [-0.15, -0.1) is 0 Å². The maximum Gasteiger partial charge on any atom is 0.416 e. The van der Waals surface area contributed by atoms with Gasteiger partial charge < -0.3 is 14.2 Å². The molecule has 0 aliphatic rings. The number of carbonyl (C=O) groups excluding carboxylic acids is 1. The van der Waals surface area contributed by atoms with Crippen molar-refractivity contribution in [1.29, 1.82) is 0 Å². The minimum absolute atomic E-state index is 0.111. The van der Waals surface area contributed by atoms with E-state index in [1.807, 2.05) is 30.3 Å². The molecular formula is C26H23F3O4. The van der Waals surface area contributed by atoms with Crippen LogP contribution in [0.3, 0.4) is 0 Å². The van der Waals surface area contributed by atoms with E-state index in [1.165, 1.54) is 32.6 Å². The SMILES string of the molecule is COC=C(C(=O)OC)c1ccccc1CCc1cccc(Oc2cccc(C(F)(F)F)c2)c1. The zero-order valence-corrected chi connectivity index (χ0v) is 18.2. The normalized spacial score (nSPS) is 11.7. The van der Waals surface area contributed by atoms with Gasteiger partial charge in [0.1, 0.15) is 17.1 Å². The topological polar surface area (TPSA) is 44.8 Å². The smallest absolute Gasteiger partial charge is 0.416 e. The van der Waals surface area contributed by atoms with Crippen molar-refractivity contribution in [3.8, 4) is 11.5 Å². The van der Waals surface area contributed by atoms with Crippen LogP contribution >= 0.6 is 0 Å². The van der Waals surface area contributed by atoms with Crippen molar-refractivity contribution in [2.45, 2.75) is 19.0 Å². The van der Waals surface area contributed by atoms with Gasteiger partial charge in [0.05, 0.1) is 26.0 Å². The number of halogens is 3. The molecule has 33 heavy (non-hydrogen) atoms. The van der Waals surface area contributed by atoms with Crippen LogP contribution in [0.4, 0.5) is 13.2 Å². The van der Waals surface area contributed by atoms with Crippen molar-refractivity contribution in [2.75, 3.05) is 14.2 Å². The van der Waals surface area contributed by atoms with Gasteiger partial charge in [0, 0.05) is 0 Å². The second-order valence-corrected chi connectivity index (χ2v) is 7.19. The van der Waals surface area contributed by atoms with E-state index in [0.29, 0.717) is 29.7 Å². The lowest BCUT2D eigenvalue weighted by molar-refractivity contribution is -0.137. The molecule has 0 spiro atoms. The summed E-state index contributed by atoms with van der Waals surface area (Å²) in [6.45, 7) is 0. The molecule has 0 amide bonds. The van der Waals surface area contributed by atoms with E-state index in [1.54, 1.807) is 18.2 Å². The van der Waals surface area contributed by atoms with E-state index in [2.05, 4.69) is 0 Å². The standard InChI is InChI=1S/C26H23F3O4/c1-31-17-24(25(30)32-2)23-12-4-3-8-19(23)14-13-18-7-5-10-21(15-18)33-22-11-6-9-20(16-22)26(27,28)29/h3-12,15-17H,13-14H2,1-2H3. The molecule has 172 valence electrons. The number of ether oxygens (including phenoxy) is 3. The van der Waals surface area contributed by atoms with Crippen LogP contribution in [0, 0.1) is 0 Å². The zero-order chi connectivity index (χ0) is 23.8. The molecule has 0 radical (unpaired) electrons. The van der Waals surface area contributed by atoms with Gasteiger partial charge in [0.15, 0.2) is 0 Å². The molecule has 0 atom stereocenters. The zero-order valence-electron chi connectivity index (χ0n) is 18.2. The molecule has 0 aliphatic heterocycles. The predicted molar refractivity (Wildman–Crippen MR) is 119 cm³/mol. The number of aryl methyl sites for hydroxylation is 2. The molecule has 0 saturated carbocycles. The average Bonchev–Trinajstić information content (AvgIpc) is 2.81. The maximum atomic E-state index is 12.9. The Labute approximate surface area is 190 Å². The first kappa shape index (κ1) is 23.9. The molecule has 0 N–H and O–H groups in total. The Hall–Kier alpha value is -3.74. The third-order valence-corrected chi connectivity index (χ3v) is 4.93. The number of hydrogen-bond acceptors (Lipinski definition) is 4. The summed E-state index contributed by atoms with van der Waals surface area (Å²) in [5.41, 5.74) is 2.12. The van der Waals surface area contributed by atoms with Crippen LogP contribution in [0.1, 0.15) is 22.3 Å². The predicted octanol–water partition coefficient (Wildman–Crippen LogP) is 6.44. The number of hydrogen-bond donors (Lipinski definition) is 0. The second kappa shape index (κ2) is 10.7. The van der Waals surface area contributed by atoms with Crippen molar-refractivity contribution in [3.63, 3.8) is 0 Å². The summed E-state index contributed by atoms with van der Waals surface area (Å²) < 4.78 is 54.4. The van der Waals surface area contributed by atoms with Crippen LogP contribution in [-0.4, -0.2) is 20.2 Å².